The number of aliphatic imine (C=N–C) groups is 1. The van der Waals surface area contributed by atoms with Crippen molar-refractivity contribution in [3.05, 3.63) is 48.2 Å². The normalized spacial score (nSPS) is 15.4. The summed E-state index contributed by atoms with van der Waals surface area (Å²) in [4.78, 5) is 11.0. The second-order valence-corrected chi connectivity index (χ2v) is 5.93. The van der Waals surface area contributed by atoms with Gasteiger partial charge < -0.3 is 14.2 Å². The number of methoxy groups -OCH3 is 1. The molecule has 27 heavy (non-hydrogen) atoms. The summed E-state index contributed by atoms with van der Waals surface area (Å²) in [5, 5.41) is 9.56. The molecule has 1 fully saturated rings. The minimum absolute atomic E-state index is 0.319. The topological polar surface area (TPSA) is 88.4 Å². The van der Waals surface area contributed by atoms with Crippen LogP contribution in [0.25, 0.3) is 0 Å². The Labute approximate surface area is 158 Å². The van der Waals surface area contributed by atoms with Crippen LogP contribution in [0.15, 0.2) is 47.6 Å². The van der Waals surface area contributed by atoms with E-state index in [0.29, 0.717) is 29.6 Å². The van der Waals surface area contributed by atoms with Crippen LogP contribution in [0.5, 0.6) is 17.4 Å². The maximum Gasteiger partial charge on any atom is 0.230 e. The number of rotatable bonds is 7. The van der Waals surface area contributed by atoms with Gasteiger partial charge in [0.1, 0.15) is 11.5 Å². The molecular weight excluding hydrogens is 348 g/mol. The van der Waals surface area contributed by atoms with Gasteiger partial charge in [0.05, 0.1) is 32.4 Å². The Kier molecular flexibility index (Phi) is 6.97. The molecule has 0 atom stereocenters. The molecule has 3 rings (SSSR count). The molecule has 2 aromatic rings. The Morgan fingerprint density at radius 2 is 1.96 bits per heavy atom. The number of morpholine rings is 1. The van der Waals surface area contributed by atoms with Gasteiger partial charge >= 0.3 is 0 Å². The van der Waals surface area contributed by atoms with E-state index in [-0.39, 0.29) is 0 Å². The number of aromatic nitrogens is 1. The summed E-state index contributed by atoms with van der Waals surface area (Å²) >= 11 is 0. The Balaban J connectivity index is 1.70. The quantitative estimate of drug-likeness (QED) is 0.436. The Bertz CT molecular complexity index is 746. The molecular formula is C19H24N4O4. The van der Waals surface area contributed by atoms with Crippen LogP contribution in [0.2, 0.25) is 0 Å². The predicted molar refractivity (Wildman–Crippen MR) is 101 cm³/mol. The summed E-state index contributed by atoms with van der Waals surface area (Å²) < 4.78 is 16.4. The number of nitrogens with one attached hydrogen (secondary N) is 1. The first-order valence-corrected chi connectivity index (χ1v) is 8.82. The molecule has 8 heteroatoms. The maximum absolute atomic E-state index is 9.56. The molecule has 2 heterocycles. The molecule has 144 valence electrons. The third-order valence-corrected chi connectivity index (χ3v) is 4.20. The smallest absolute Gasteiger partial charge is 0.230 e. The van der Waals surface area contributed by atoms with Gasteiger partial charge in [-0.3, -0.25) is 20.6 Å². The molecule has 0 saturated carbocycles. The average molecular weight is 372 g/mol. The van der Waals surface area contributed by atoms with Gasteiger partial charge in [-0.2, -0.15) is 0 Å². The van der Waals surface area contributed by atoms with Crippen molar-refractivity contribution in [2.45, 2.75) is 0 Å². The number of amidine groups is 1. The lowest BCUT2D eigenvalue weighted by molar-refractivity contribution is 0.0394. The van der Waals surface area contributed by atoms with Gasteiger partial charge in [0.2, 0.25) is 5.88 Å². The Hall–Kier alpha value is -2.68. The molecule has 8 nitrogen and oxygen atoms in total. The number of nitrogens with zero attached hydrogens (tertiary/aromatic N) is 3. The maximum atomic E-state index is 9.56. The van der Waals surface area contributed by atoms with Crippen molar-refractivity contribution in [2.75, 3.05) is 46.5 Å². The van der Waals surface area contributed by atoms with Crippen LogP contribution >= 0.6 is 0 Å². The van der Waals surface area contributed by atoms with Gasteiger partial charge in [-0.25, -0.2) is 4.98 Å². The molecule has 0 spiro atoms. The number of ether oxygens (including phenoxy) is 3. The van der Waals surface area contributed by atoms with Crippen molar-refractivity contribution < 1.29 is 19.4 Å². The Morgan fingerprint density at radius 3 is 2.67 bits per heavy atom. The molecule has 0 unspecified atom stereocenters. The summed E-state index contributed by atoms with van der Waals surface area (Å²) in [5.41, 5.74) is 2.75. The fraction of sp³-hybridized carbons (Fsp3) is 0.368. The molecule has 0 aliphatic carbocycles. The number of benzene rings is 1. The van der Waals surface area contributed by atoms with Gasteiger partial charge in [-0.1, -0.05) is 0 Å². The zero-order chi connectivity index (χ0) is 18.9. The highest BCUT2D eigenvalue weighted by Gasteiger charge is 2.13. The molecule has 0 amide bonds. The monoisotopic (exact) mass is 372 g/mol. The fourth-order valence-corrected chi connectivity index (χ4v) is 2.72. The molecule has 1 aliphatic rings. The van der Waals surface area contributed by atoms with E-state index in [1.165, 1.54) is 0 Å². The number of pyridine rings is 1. The van der Waals surface area contributed by atoms with E-state index in [4.69, 9.17) is 14.2 Å². The van der Waals surface area contributed by atoms with Crippen molar-refractivity contribution in [3.8, 4) is 17.4 Å². The van der Waals surface area contributed by atoms with E-state index in [9.17, 15) is 5.21 Å². The minimum Gasteiger partial charge on any atom is -0.497 e. The van der Waals surface area contributed by atoms with Gasteiger partial charge in [0.15, 0.2) is 5.84 Å². The van der Waals surface area contributed by atoms with Crippen molar-refractivity contribution in [2.24, 2.45) is 4.99 Å². The lowest BCUT2D eigenvalue weighted by Crippen LogP contribution is -2.38. The average Bonchev–Trinajstić information content (AvgIpc) is 2.73. The highest BCUT2D eigenvalue weighted by molar-refractivity contribution is 6.00. The third-order valence-electron chi connectivity index (χ3n) is 4.20. The molecule has 1 aromatic carbocycles. The van der Waals surface area contributed by atoms with E-state index < -0.39 is 0 Å². The molecule has 1 aromatic heterocycles. The molecule has 1 saturated heterocycles. The van der Waals surface area contributed by atoms with Crippen LogP contribution in [-0.2, 0) is 4.74 Å². The van der Waals surface area contributed by atoms with Gasteiger partial charge in [-0.05, 0) is 36.4 Å². The van der Waals surface area contributed by atoms with Crippen molar-refractivity contribution in [1.29, 1.82) is 0 Å². The van der Waals surface area contributed by atoms with E-state index in [1.54, 1.807) is 49.7 Å². The van der Waals surface area contributed by atoms with Crippen molar-refractivity contribution in [3.63, 3.8) is 0 Å². The van der Waals surface area contributed by atoms with Gasteiger partial charge in [0.25, 0.3) is 0 Å². The number of hydroxylamine groups is 1. The van der Waals surface area contributed by atoms with Crippen LogP contribution in [0, 0.1) is 0 Å². The van der Waals surface area contributed by atoms with Gasteiger partial charge in [0, 0.05) is 25.8 Å². The lowest BCUT2D eigenvalue weighted by atomic mass is 10.2. The summed E-state index contributed by atoms with van der Waals surface area (Å²) in [6.45, 7) is 4.63. The first-order valence-electron chi connectivity index (χ1n) is 8.82. The fourth-order valence-electron chi connectivity index (χ4n) is 2.72. The molecule has 0 bridgehead atoms. The van der Waals surface area contributed by atoms with Gasteiger partial charge in [-0.15, -0.1) is 0 Å². The van der Waals surface area contributed by atoms with E-state index >= 15 is 0 Å². The van der Waals surface area contributed by atoms with Crippen LogP contribution < -0.4 is 15.0 Å². The van der Waals surface area contributed by atoms with Crippen molar-refractivity contribution in [1.82, 2.24) is 15.4 Å². The minimum atomic E-state index is 0.319. The van der Waals surface area contributed by atoms with Crippen LogP contribution in [-0.4, -0.2) is 67.4 Å². The largest absolute Gasteiger partial charge is 0.497 e. The summed E-state index contributed by atoms with van der Waals surface area (Å²) in [6, 6.07) is 10.8. The summed E-state index contributed by atoms with van der Waals surface area (Å²) in [6.07, 6.45) is 1.63. The van der Waals surface area contributed by atoms with Crippen LogP contribution in [0.3, 0.4) is 0 Å². The van der Waals surface area contributed by atoms with E-state index in [0.717, 1.165) is 38.6 Å². The van der Waals surface area contributed by atoms with Crippen LogP contribution in [0.4, 0.5) is 0 Å². The lowest BCUT2D eigenvalue weighted by Gasteiger charge is -2.25. The third kappa shape index (κ3) is 5.40. The zero-order valence-electron chi connectivity index (χ0n) is 15.3. The predicted octanol–water partition coefficient (Wildman–Crippen LogP) is 1.94. The SMILES string of the molecule is COc1ccc(Oc2ncccc2C(=NCCN2CCOCC2)NO)cc1. The second-order valence-electron chi connectivity index (χ2n) is 5.93. The van der Waals surface area contributed by atoms with Crippen LogP contribution in [0.1, 0.15) is 5.56 Å². The first-order chi connectivity index (χ1) is 13.3. The van der Waals surface area contributed by atoms with Crippen molar-refractivity contribution >= 4 is 5.84 Å². The molecule has 2 N–H and O–H groups in total. The zero-order valence-corrected chi connectivity index (χ0v) is 15.3. The highest BCUT2D eigenvalue weighted by atomic mass is 16.5. The molecule has 1 aliphatic heterocycles. The van der Waals surface area contributed by atoms with E-state index in [1.807, 2.05) is 0 Å². The number of hydrogen-bond donors (Lipinski definition) is 2. The Morgan fingerprint density at radius 1 is 1.22 bits per heavy atom. The number of hydrogen-bond acceptors (Lipinski definition) is 7. The summed E-state index contributed by atoms with van der Waals surface area (Å²) in [7, 11) is 1.61. The molecule has 0 radical (unpaired) electrons. The standard InChI is InChI=1S/C19H24N4O4/c1-25-15-4-6-16(7-5-15)27-19-17(3-2-8-21-19)18(22-24)20-9-10-23-11-13-26-14-12-23/h2-8,24H,9-14H2,1H3,(H,20,22). The second kappa shape index (κ2) is 9.86. The van der Waals surface area contributed by atoms with E-state index in [2.05, 4.69) is 20.4 Å². The highest BCUT2D eigenvalue weighted by Crippen LogP contribution is 2.25. The first kappa shape index (κ1) is 19.1. The summed E-state index contributed by atoms with van der Waals surface area (Å²) in [5.74, 6) is 2.03.